The van der Waals surface area contributed by atoms with E-state index in [4.69, 9.17) is 9.47 Å². The lowest BCUT2D eigenvalue weighted by Crippen LogP contribution is -2.11. The molecule has 21 heavy (non-hydrogen) atoms. The number of hydrogen-bond acceptors (Lipinski definition) is 4. The largest absolute Gasteiger partial charge is 0.497 e. The van der Waals surface area contributed by atoms with Crippen LogP contribution < -0.4 is 9.47 Å². The highest BCUT2D eigenvalue weighted by atomic mass is 32.2. The van der Waals surface area contributed by atoms with Crippen LogP contribution in [0.1, 0.15) is 5.56 Å². The number of nitrogens with zero attached hydrogens (tertiary/aromatic N) is 1. The Morgan fingerprint density at radius 2 is 1.71 bits per heavy atom. The lowest BCUT2D eigenvalue weighted by molar-refractivity contribution is 0.394. The lowest BCUT2D eigenvalue weighted by Gasteiger charge is -2.15. The standard InChI is InChI=1S/C17H21NO2S/c1-18(2)12-13-7-5-6-8-16(13)21-17-11-14(19-3)9-10-15(17)20-4/h5-11H,12H2,1-4H3. The van der Waals surface area contributed by atoms with Gasteiger partial charge >= 0.3 is 0 Å². The number of ether oxygens (including phenoxy) is 2. The summed E-state index contributed by atoms with van der Waals surface area (Å²) in [6.45, 7) is 0.912. The summed E-state index contributed by atoms with van der Waals surface area (Å²) < 4.78 is 10.8. The summed E-state index contributed by atoms with van der Waals surface area (Å²) in [6.07, 6.45) is 0. The molecule has 0 spiro atoms. The third-order valence-electron chi connectivity index (χ3n) is 3.05. The van der Waals surface area contributed by atoms with Gasteiger partial charge in [0.05, 0.1) is 19.1 Å². The minimum Gasteiger partial charge on any atom is -0.497 e. The van der Waals surface area contributed by atoms with Gasteiger partial charge in [-0.3, -0.25) is 0 Å². The van der Waals surface area contributed by atoms with E-state index in [1.54, 1.807) is 26.0 Å². The molecule has 0 unspecified atom stereocenters. The second-order valence-electron chi connectivity index (χ2n) is 4.96. The van der Waals surface area contributed by atoms with Crippen molar-refractivity contribution in [3.05, 3.63) is 48.0 Å². The van der Waals surface area contributed by atoms with Crippen molar-refractivity contribution in [1.82, 2.24) is 4.90 Å². The van der Waals surface area contributed by atoms with Crippen molar-refractivity contribution in [3.63, 3.8) is 0 Å². The molecule has 0 bridgehead atoms. The maximum atomic E-state index is 5.45. The summed E-state index contributed by atoms with van der Waals surface area (Å²) in [7, 11) is 7.52. The van der Waals surface area contributed by atoms with Crippen molar-refractivity contribution in [2.75, 3.05) is 28.3 Å². The quantitative estimate of drug-likeness (QED) is 0.806. The zero-order valence-electron chi connectivity index (χ0n) is 12.9. The Hall–Kier alpha value is -1.65. The molecule has 4 heteroatoms. The van der Waals surface area contributed by atoms with Crippen LogP contribution in [0.2, 0.25) is 0 Å². The highest BCUT2D eigenvalue weighted by Gasteiger charge is 2.10. The Balaban J connectivity index is 2.33. The van der Waals surface area contributed by atoms with Gasteiger partial charge in [0.2, 0.25) is 0 Å². The van der Waals surface area contributed by atoms with E-state index in [0.29, 0.717) is 0 Å². The van der Waals surface area contributed by atoms with Gasteiger partial charge in [0.25, 0.3) is 0 Å². The van der Waals surface area contributed by atoms with Crippen LogP contribution in [0.15, 0.2) is 52.3 Å². The molecule has 0 aliphatic carbocycles. The Kier molecular flexibility index (Phi) is 5.53. The molecule has 0 N–H and O–H groups in total. The second kappa shape index (κ2) is 7.38. The first kappa shape index (κ1) is 15.7. The number of benzene rings is 2. The van der Waals surface area contributed by atoms with Crippen molar-refractivity contribution in [1.29, 1.82) is 0 Å². The summed E-state index contributed by atoms with van der Waals surface area (Å²) in [5, 5.41) is 0. The molecule has 0 amide bonds. The lowest BCUT2D eigenvalue weighted by atomic mass is 10.2. The van der Waals surface area contributed by atoms with Gasteiger partial charge < -0.3 is 14.4 Å². The predicted molar refractivity (Wildman–Crippen MR) is 87.5 cm³/mol. The topological polar surface area (TPSA) is 21.7 Å². The molecule has 3 nitrogen and oxygen atoms in total. The van der Waals surface area contributed by atoms with E-state index in [2.05, 4.69) is 43.3 Å². The van der Waals surface area contributed by atoms with Crippen LogP contribution in [0.3, 0.4) is 0 Å². The molecule has 2 aromatic rings. The summed E-state index contributed by atoms with van der Waals surface area (Å²) >= 11 is 1.71. The first-order chi connectivity index (χ1) is 10.1. The fraction of sp³-hybridized carbons (Fsp3) is 0.294. The van der Waals surface area contributed by atoms with Gasteiger partial charge in [0, 0.05) is 11.4 Å². The molecular weight excluding hydrogens is 282 g/mol. The maximum Gasteiger partial charge on any atom is 0.133 e. The summed E-state index contributed by atoms with van der Waals surface area (Å²) in [5.41, 5.74) is 1.30. The molecule has 0 saturated carbocycles. The fourth-order valence-corrected chi connectivity index (χ4v) is 3.13. The van der Waals surface area contributed by atoms with Crippen molar-refractivity contribution < 1.29 is 9.47 Å². The van der Waals surface area contributed by atoms with E-state index >= 15 is 0 Å². The van der Waals surface area contributed by atoms with Gasteiger partial charge in [0.15, 0.2) is 0 Å². The Morgan fingerprint density at radius 1 is 0.952 bits per heavy atom. The molecule has 2 rings (SSSR count). The van der Waals surface area contributed by atoms with E-state index in [1.807, 2.05) is 18.2 Å². The number of methoxy groups -OCH3 is 2. The molecule has 2 aromatic carbocycles. The first-order valence-electron chi connectivity index (χ1n) is 6.76. The SMILES string of the molecule is COc1ccc(OC)c(Sc2ccccc2CN(C)C)c1. The van der Waals surface area contributed by atoms with E-state index in [1.165, 1.54) is 10.5 Å². The fourth-order valence-electron chi connectivity index (χ4n) is 2.06. The zero-order valence-corrected chi connectivity index (χ0v) is 13.7. The molecule has 0 saturated heterocycles. The van der Waals surface area contributed by atoms with Crippen LogP contribution in [0.4, 0.5) is 0 Å². The average molecular weight is 303 g/mol. The molecule has 0 radical (unpaired) electrons. The van der Waals surface area contributed by atoms with Crippen LogP contribution in [0, 0.1) is 0 Å². The van der Waals surface area contributed by atoms with Crippen molar-refractivity contribution in [2.24, 2.45) is 0 Å². The molecule has 0 aliphatic rings. The van der Waals surface area contributed by atoms with Crippen molar-refractivity contribution in [3.8, 4) is 11.5 Å². The minimum atomic E-state index is 0.836. The molecule has 0 fully saturated rings. The van der Waals surface area contributed by atoms with E-state index in [9.17, 15) is 0 Å². The average Bonchev–Trinajstić information content (AvgIpc) is 2.48. The van der Waals surface area contributed by atoms with Crippen LogP contribution >= 0.6 is 11.8 Å². The van der Waals surface area contributed by atoms with E-state index < -0.39 is 0 Å². The third-order valence-corrected chi connectivity index (χ3v) is 4.21. The summed E-state index contributed by atoms with van der Waals surface area (Å²) in [4.78, 5) is 4.46. The van der Waals surface area contributed by atoms with Crippen LogP contribution in [0.5, 0.6) is 11.5 Å². The maximum absolute atomic E-state index is 5.45. The molecule has 0 atom stereocenters. The van der Waals surface area contributed by atoms with Gasteiger partial charge in [-0.1, -0.05) is 30.0 Å². The van der Waals surface area contributed by atoms with Gasteiger partial charge in [0.1, 0.15) is 11.5 Å². The van der Waals surface area contributed by atoms with Gasteiger partial charge in [-0.05, 0) is 43.9 Å². The summed E-state index contributed by atoms with van der Waals surface area (Å²) in [5.74, 6) is 1.70. The molecular formula is C17H21NO2S. The second-order valence-corrected chi connectivity index (χ2v) is 6.05. The molecule has 0 aromatic heterocycles. The Labute approximate surface area is 130 Å². The van der Waals surface area contributed by atoms with E-state index in [0.717, 1.165) is 22.9 Å². The minimum absolute atomic E-state index is 0.836. The van der Waals surface area contributed by atoms with Crippen LogP contribution in [-0.2, 0) is 6.54 Å². The predicted octanol–water partition coefficient (Wildman–Crippen LogP) is 3.92. The first-order valence-corrected chi connectivity index (χ1v) is 7.58. The van der Waals surface area contributed by atoms with Crippen LogP contribution in [0.25, 0.3) is 0 Å². The number of rotatable bonds is 6. The van der Waals surface area contributed by atoms with Gasteiger partial charge in [-0.25, -0.2) is 0 Å². The summed E-state index contributed by atoms with van der Waals surface area (Å²) in [6, 6.07) is 14.3. The Morgan fingerprint density at radius 3 is 2.38 bits per heavy atom. The van der Waals surface area contributed by atoms with E-state index in [-0.39, 0.29) is 0 Å². The normalized spacial score (nSPS) is 10.7. The zero-order chi connectivity index (χ0) is 15.2. The molecule has 0 heterocycles. The molecule has 0 aliphatic heterocycles. The van der Waals surface area contributed by atoms with Crippen LogP contribution in [-0.4, -0.2) is 33.2 Å². The number of hydrogen-bond donors (Lipinski definition) is 0. The van der Waals surface area contributed by atoms with Gasteiger partial charge in [-0.2, -0.15) is 0 Å². The monoisotopic (exact) mass is 303 g/mol. The Bertz CT molecular complexity index is 599. The van der Waals surface area contributed by atoms with Gasteiger partial charge in [-0.15, -0.1) is 0 Å². The molecule has 112 valence electrons. The highest BCUT2D eigenvalue weighted by Crippen LogP contribution is 2.38. The highest BCUT2D eigenvalue weighted by molar-refractivity contribution is 7.99. The smallest absolute Gasteiger partial charge is 0.133 e. The van der Waals surface area contributed by atoms with Crippen molar-refractivity contribution in [2.45, 2.75) is 16.3 Å². The third kappa shape index (κ3) is 4.16. The van der Waals surface area contributed by atoms with Crippen molar-refractivity contribution >= 4 is 11.8 Å².